The third kappa shape index (κ3) is 2.52. The average molecular weight is 350 g/mol. The normalized spacial score (nSPS) is 27.6. The van der Waals surface area contributed by atoms with Crippen molar-refractivity contribution >= 4 is 0 Å². The van der Waals surface area contributed by atoms with Gasteiger partial charge in [-0.25, -0.2) is 4.68 Å². The Hall–Kier alpha value is -2.61. The highest BCUT2D eigenvalue weighted by molar-refractivity contribution is 5.67. The van der Waals surface area contributed by atoms with Crippen molar-refractivity contribution in [3.8, 4) is 22.5 Å². The van der Waals surface area contributed by atoms with Gasteiger partial charge in [-0.3, -0.25) is 0 Å². The highest BCUT2D eigenvalue weighted by atomic mass is 16.6. The van der Waals surface area contributed by atoms with E-state index in [0.717, 1.165) is 11.1 Å². The second-order valence-electron chi connectivity index (χ2n) is 6.62. The fourth-order valence-electron chi connectivity index (χ4n) is 3.72. The Bertz CT molecular complexity index is 897. The average Bonchev–Trinajstić information content (AvgIpc) is 3.40. The number of aliphatic hydroxyl groups excluding tert-OH is 1. The molecule has 3 heterocycles. The van der Waals surface area contributed by atoms with Gasteiger partial charge in [-0.2, -0.15) is 0 Å². The smallest absolute Gasteiger partial charge is 0.182 e. The fourth-order valence-corrected chi connectivity index (χ4v) is 3.72. The van der Waals surface area contributed by atoms with E-state index < -0.39 is 6.10 Å². The van der Waals surface area contributed by atoms with Crippen LogP contribution in [-0.4, -0.2) is 56.8 Å². The maximum atomic E-state index is 9.93. The number of benzene rings is 2. The number of nitrogens with zero attached hydrogens (tertiary/aromatic N) is 4. The van der Waals surface area contributed by atoms with E-state index in [1.54, 1.807) is 4.68 Å². The number of aromatic nitrogens is 4. The molecule has 7 nitrogen and oxygen atoms in total. The first kappa shape index (κ1) is 15.6. The molecular weight excluding hydrogens is 332 g/mol. The molecule has 1 N–H and O–H groups in total. The van der Waals surface area contributed by atoms with Crippen molar-refractivity contribution in [2.75, 3.05) is 13.2 Å². The molecule has 26 heavy (non-hydrogen) atoms. The Balaban J connectivity index is 1.45. The van der Waals surface area contributed by atoms with Gasteiger partial charge in [0.25, 0.3) is 0 Å². The van der Waals surface area contributed by atoms with Crippen molar-refractivity contribution in [3.05, 3.63) is 54.6 Å². The van der Waals surface area contributed by atoms with Gasteiger partial charge in [-0.15, -0.1) is 5.10 Å². The van der Waals surface area contributed by atoms with Gasteiger partial charge in [0.2, 0.25) is 0 Å². The fraction of sp³-hybridized carbons (Fsp3) is 0.316. The van der Waals surface area contributed by atoms with E-state index in [1.165, 1.54) is 5.56 Å². The molecule has 0 radical (unpaired) electrons. The molecule has 2 aliphatic heterocycles. The van der Waals surface area contributed by atoms with Crippen LogP contribution in [-0.2, 0) is 9.47 Å². The Morgan fingerprint density at radius 3 is 2.35 bits per heavy atom. The number of hydrogen-bond acceptors (Lipinski definition) is 6. The third-order valence-electron chi connectivity index (χ3n) is 5.06. The summed E-state index contributed by atoms with van der Waals surface area (Å²) in [4.78, 5) is 0. The van der Waals surface area contributed by atoms with Gasteiger partial charge in [0.05, 0.1) is 13.2 Å². The third-order valence-corrected chi connectivity index (χ3v) is 5.06. The van der Waals surface area contributed by atoms with Crippen LogP contribution in [0, 0.1) is 0 Å². The molecule has 0 aliphatic carbocycles. The molecule has 0 amide bonds. The second kappa shape index (κ2) is 6.28. The second-order valence-corrected chi connectivity index (χ2v) is 6.62. The largest absolute Gasteiger partial charge is 0.388 e. The molecule has 1 aromatic heterocycles. The van der Waals surface area contributed by atoms with E-state index in [0.29, 0.717) is 12.4 Å². The highest BCUT2D eigenvalue weighted by Crippen LogP contribution is 2.35. The number of ether oxygens (including phenoxy) is 2. The van der Waals surface area contributed by atoms with E-state index in [-0.39, 0.29) is 24.9 Å². The maximum absolute atomic E-state index is 9.93. The molecule has 7 heteroatoms. The summed E-state index contributed by atoms with van der Waals surface area (Å²) in [5.41, 5.74) is 3.23. The van der Waals surface area contributed by atoms with Gasteiger partial charge < -0.3 is 14.6 Å². The molecule has 0 spiro atoms. The number of tetrazole rings is 1. The molecular formula is C19H18N4O3. The molecule has 4 unspecified atom stereocenters. The van der Waals surface area contributed by atoms with E-state index in [4.69, 9.17) is 9.47 Å². The lowest BCUT2D eigenvalue weighted by molar-refractivity contribution is 0.0169. The number of rotatable bonds is 3. The summed E-state index contributed by atoms with van der Waals surface area (Å²) in [7, 11) is 0. The van der Waals surface area contributed by atoms with Gasteiger partial charge in [0, 0.05) is 5.56 Å². The first-order valence-corrected chi connectivity index (χ1v) is 8.66. The van der Waals surface area contributed by atoms with Crippen molar-refractivity contribution in [1.29, 1.82) is 0 Å². The summed E-state index contributed by atoms with van der Waals surface area (Å²) in [6.45, 7) is 0.710. The first-order chi connectivity index (χ1) is 12.8. The zero-order valence-electron chi connectivity index (χ0n) is 14.0. The zero-order valence-corrected chi connectivity index (χ0v) is 14.0. The van der Waals surface area contributed by atoms with E-state index in [9.17, 15) is 5.11 Å². The first-order valence-electron chi connectivity index (χ1n) is 8.66. The molecule has 0 saturated carbocycles. The van der Waals surface area contributed by atoms with Gasteiger partial charge in [0.15, 0.2) is 5.82 Å². The van der Waals surface area contributed by atoms with Crippen molar-refractivity contribution < 1.29 is 14.6 Å². The summed E-state index contributed by atoms with van der Waals surface area (Å²) in [5.74, 6) is 0.670. The minimum absolute atomic E-state index is 0.143. The summed E-state index contributed by atoms with van der Waals surface area (Å²) in [6.07, 6.45) is -1.12. The van der Waals surface area contributed by atoms with Gasteiger partial charge >= 0.3 is 0 Å². The van der Waals surface area contributed by atoms with Crippen LogP contribution in [0.5, 0.6) is 0 Å². The molecule has 2 saturated heterocycles. The monoisotopic (exact) mass is 350 g/mol. The summed E-state index contributed by atoms with van der Waals surface area (Å²) in [5, 5.41) is 22.1. The zero-order chi connectivity index (χ0) is 17.5. The highest BCUT2D eigenvalue weighted by Gasteiger charge is 2.49. The van der Waals surface area contributed by atoms with Crippen LogP contribution in [0.1, 0.15) is 6.04 Å². The predicted octanol–water partition coefficient (Wildman–Crippen LogP) is 1.71. The molecule has 2 fully saturated rings. The molecule has 5 rings (SSSR count). The number of fused-ring (bicyclic) bond motifs is 1. The van der Waals surface area contributed by atoms with E-state index in [1.807, 2.05) is 30.3 Å². The Morgan fingerprint density at radius 1 is 0.846 bits per heavy atom. The van der Waals surface area contributed by atoms with Crippen LogP contribution in [0.2, 0.25) is 0 Å². The predicted molar refractivity (Wildman–Crippen MR) is 93.2 cm³/mol. The van der Waals surface area contributed by atoms with Crippen LogP contribution in [0.15, 0.2) is 54.6 Å². The molecule has 4 atom stereocenters. The Morgan fingerprint density at radius 2 is 1.54 bits per heavy atom. The lowest BCUT2D eigenvalue weighted by Gasteiger charge is -2.17. The molecule has 2 aromatic carbocycles. The lowest BCUT2D eigenvalue weighted by Crippen LogP contribution is -2.30. The summed E-state index contributed by atoms with van der Waals surface area (Å²) < 4.78 is 13.2. The Labute approximate surface area is 150 Å². The summed E-state index contributed by atoms with van der Waals surface area (Å²) >= 11 is 0. The Kier molecular flexibility index (Phi) is 3.77. The lowest BCUT2D eigenvalue weighted by atomic mass is 10.0. The SMILES string of the molecule is OC1COC2C1OCC2n1nnnc1-c1ccc(-c2ccccc2)cc1. The molecule has 132 valence electrons. The van der Waals surface area contributed by atoms with Crippen LogP contribution in [0.3, 0.4) is 0 Å². The van der Waals surface area contributed by atoms with E-state index >= 15 is 0 Å². The number of aliphatic hydroxyl groups is 1. The van der Waals surface area contributed by atoms with Gasteiger partial charge in [0.1, 0.15) is 24.4 Å². The minimum atomic E-state index is -0.588. The van der Waals surface area contributed by atoms with Crippen LogP contribution >= 0.6 is 0 Å². The van der Waals surface area contributed by atoms with Crippen molar-refractivity contribution in [2.24, 2.45) is 0 Å². The topological polar surface area (TPSA) is 82.3 Å². The van der Waals surface area contributed by atoms with Crippen molar-refractivity contribution in [3.63, 3.8) is 0 Å². The van der Waals surface area contributed by atoms with E-state index in [2.05, 4.69) is 39.8 Å². The number of hydrogen-bond donors (Lipinski definition) is 1. The van der Waals surface area contributed by atoms with Crippen LogP contribution in [0.4, 0.5) is 0 Å². The molecule has 3 aromatic rings. The molecule has 2 aliphatic rings. The minimum Gasteiger partial charge on any atom is -0.388 e. The van der Waals surface area contributed by atoms with Crippen molar-refractivity contribution in [2.45, 2.75) is 24.4 Å². The quantitative estimate of drug-likeness (QED) is 0.774. The van der Waals surface area contributed by atoms with Crippen molar-refractivity contribution in [1.82, 2.24) is 20.2 Å². The summed E-state index contributed by atoms with van der Waals surface area (Å²) in [6, 6.07) is 18.2. The van der Waals surface area contributed by atoms with Crippen LogP contribution < -0.4 is 0 Å². The van der Waals surface area contributed by atoms with Gasteiger partial charge in [-0.1, -0.05) is 54.6 Å². The standard InChI is InChI=1S/C19H18N4O3/c24-16-11-26-17-15(10-25-18(16)17)23-19(20-21-22-23)14-8-6-13(7-9-14)12-4-2-1-3-5-12/h1-9,15-18,24H,10-11H2. The molecule has 0 bridgehead atoms. The maximum Gasteiger partial charge on any atom is 0.182 e. The van der Waals surface area contributed by atoms with Gasteiger partial charge in [-0.05, 0) is 21.6 Å². The van der Waals surface area contributed by atoms with Crippen LogP contribution in [0.25, 0.3) is 22.5 Å².